The van der Waals surface area contributed by atoms with Crippen molar-refractivity contribution >= 4 is 11.6 Å². The number of rotatable bonds is 5. The average molecular weight is 331 g/mol. The first kappa shape index (κ1) is 17.4. The monoisotopic (exact) mass is 331 g/mol. The van der Waals surface area contributed by atoms with Crippen molar-refractivity contribution in [1.82, 2.24) is 9.80 Å². The van der Waals surface area contributed by atoms with Gasteiger partial charge in [-0.2, -0.15) is 0 Å². The zero-order valence-corrected chi connectivity index (χ0v) is 15.0. The highest BCUT2D eigenvalue weighted by atomic mass is 16.5. The molecule has 0 bridgehead atoms. The fourth-order valence-corrected chi connectivity index (χ4v) is 3.36. The summed E-state index contributed by atoms with van der Waals surface area (Å²) in [6.45, 7) is 9.68. The summed E-state index contributed by atoms with van der Waals surface area (Å²) >= 11 is 0. The number of likely N-dealkylation sites (N-methyl/N-ethyl adjacent to an activating group) is 1. The number of anilines is 1. The number of amides is 1. The molecule has 132 valence electrons. The van der Waals surface area contributed by atoms with E-state index in [0.29, 0.717) is 19.1 Å². The quantitative estimate of drug-likeness (QED) is 0.899. The number of ether oxygens (including phenoxy) is 1. The van der Waals surface area contributed by atoms with Gasteiger partial charge in [0.25, 0.3) is 5.91 Å². The van der Waals surface area contributed by atoms with E-state index < -0.39 is 0 Å². The first-order valence-electron chi connectivity index (χ1n) is 8.97. The molecule has 5 heteroatoms. The molecule has 1 N–H and O–H groups in total. The van der Waals surface area contributed by atoms with Crippen LogP contribution in [0, 0.1) is 5.92 Å². The third kappa shape index (κ3) is 4.15. The van der Waals surface area contributed by atoms with Crippen molar-refractivity contribution in [3.63, 3.8) is 0 Å². The highest BCUT2D eigenvalue weighted by Crippen LogP contribution is 2.30. The second-order valence-corrected chi connectivity index (χ2v) is 7.45. The number of carbonyl (C=O) groups excluding carboxylic acids is 1. The summed E-state index contributed by atoms with van der Waals surface area (Å²) in [6.07, 6.45) is 0.829. The van der Waals surface area contributed by atoms with Crippen molar-refractivity contribution in [1.29, 1.82) is 0 Å². The van der Waals surface area contributed by atoms with Crippen LogP contribution in [-0.2, 0) is 22.6 Å². The summed E-state index contributed by atoms with van der Waals surface area (Å²) < 4.78 is 5.62. The van der Waals surface area contributed by atoms with E-state index in [1.165, 1.54) is 17.5 Å². The predicted molar refractivity (Wildman–Crippen MR) is 95.9 cm³/mol. The second-order valence-electron chi connectivity index (χ2n) is 7.45. The Morgan fingerprint density at radius 2 is 2.21 bits per heavy atom. The highest BCUT2D eigenvalue weighted by molar-refractivity contribution is 5.95. The van der Waals surface area contributed by atoms with Gasteiger partial charge in [0, 0.05) is 31.9 Å². The molecule has 24 heavy (non-hydrogen) atoms. The molecule has 0 aliphatic carbocycles. The van der Waals surface area contributed by atoms with Crippen LogP contribution < -0.4 is 5.32 Å². The van der Waals surface area contributed by atoms with E-state index in [-0.39, 0.29) is 12.0 Å². The SMILES string of the molecule is CC(C)CCN1Cc2cccc(NC(=O)C3CN(C)CCO3)c2C1. The maximum Gasteiger partial charge on any atom is 0.254 e. The molecule has 0 saturated carbocycles. The molecular formula is C19H29N3O2. The summed E-state index contributed by atoms with van der Waals surface area (Å²) in [5.74, 6) is 0.684. The molecule has 2 heterocycles. The van der Waals surface area contributed by atoms with Crippen LogP contribution in [0.1, 0.15) is 31.4 Å². The molecule has 0 spiro atoms. The topological polar surface area (TPSA) is 44.8 Å². The van der Waals surface area contributed by atoms with E-state index in [1.807, 2.05) is 19.2 Å². The van der Waals surface area contributed by atoms with E-state index in [9.17, 15) is 4.79 Å². The molecule has 1 atom stereocenters. The van der Waals surface area contributed by atoms with E-state index in [0.717, 1.165) is 31.9 Å². The lowest BCUT2D eigenvalue weighted by atomic mass is 10.1. The van der Waals surface area contributed by atoms with Crippen LogP contribution in [0.25, 0.3) is 0 Å². The number of fused-ring (bicyclic) bond motifs is 1. The minimum atomic E-state index is -0.377. The van der Waals surface area contributed by atoms with Gasteiger partial charge in [-0.05, 0) is 43.1 Å². The van der Waals surface area contributed by atoms with Gasteiger partial charge in [0.1, 0.15) is 6.10 Å². The lowest BCUT2D eigenvalue weighted by Gasteiger charge is -2.29. The normalized spacial score (nSPS) is 21.9. The molecule has 2 aliphatic rings. The molecule has 1 unspecified atom stereocenters. The van der Waals surface area contributed by atoms with Crippen LogP contribution >= 0.6 is 0 Å². The summed E-state index contributed by atoms with van der Waals surface area (Å²) in [4.78, 5) is 17.1. The summed E-state index contributed by atoms with van der Waals surface area (Å²) in [5.41, 5.74) is 3.54. The molecule has 3 rings (SSSR count). The lowest BCUT2D eigenvalue weighted by Crippen LogP contribution is -2.46. The molecule has 1 saturated heterocycles. The van der Waals surface area contributed by atoms with Gasteiger partial charge in [-0.3, -0.25) is 9.69 Å². The number of hydrogen-bond donors (Lipinski definition) is 1. The van der Waals surface area contributed by atoms with Gasteiger partial charge in [-0.15, -0.1) is 0 Å². The largest absolute Gasteiger partial charge is 0.366 e. The first-order valence-corrected chi connectivity index (χ1v) is 8.97. The summed E-state index contributed by atoms with van der Waals surface area (Å²) in [5, 5.41) is 3.10. The number of carbonyl (C=O) groups is 1. The maximum absolute atomic E-state index is 12.5. The molecule has 0 radical (unpaired) electrons. The lowest BCUT2D eigenvalue weighted by molar-refractivity contribution is -0.132. The number of nitrogens with zero attached hydrogens (tertiary/aromatic N) is 2. The molecule has 1 amide bonds. The second kappa shape index (κ2) is 7.64. The first-order chi connectivity index (χ1) is 11.5. The van der Waals surface area contributed by atoms with Crippen LogP contribution in [0.3, 0.4) is 0 Å². The molecule has 1 aromatic rings. The van der Waals surface area contributed by atoms with E-state index in [2.05, 4.69) is 35.0 Å². The van der Waals surface area contributed by atoms with Gasteiger partial charge in [-0.1, -0.05) is 26.0 Å². The smallest absolute Gasteiger partial charge is 0.254 e. The third-order valence-electron chi connectivity index (χ3n) is 4.89. The van der Waals surface area contributed by atoms with Crippen molar-refractivity contribution in [2.75, 3.05) is 38.6 Å². The predicted octanol–water partition coefficient (Wildman–Crippen LogP) is 2.32. The zero-order chi connectivity index (χ0) is 17.1. The van der Waals surface area contributed by atoms with Crippen LogP contribution in [0.5, 0.6) is 0 Å². The number of morpholine rings is 1. The Morgan fingerprint density at radius 3 is 2.96 bits per heavy atom. The van der Waals surface area contributed by atoms with Gasteiger partial charge in [0.05, 0.1) is 6.61 Å². The van der Waals surface area contributed by atoms with Crippen molar-refractivity contribution in [2.45, 2.75) is 39.5 Å². The Bertz CT molecular complexity index is 588. The van der Waals surface area contributed by atoms with Crippen LogP contribution in [0.4, 0.5) is 5.69 Å². The number of nitrogens with one attached hydrogen (secondary N) is 1. The highest BCUT2D eigenvalue weighted by Gasteiger charge is 2.27. The van der Waals surface area contributed by atoms with Gasteiger partial charge in [0.2, 0.25) is 0 Å². The minimum Gasteiger partial charge on any atom is -0.366 e. The Kier molecular flexibility index (Phi) is 5.54. The summed E-state index contributed by atoms with van der Waals surface area (Å²) in [6, 6.07) is 6.22. The van der Waals surface area contributed by atoms with Gasteiger partial charge < -0.3 is 15.0 Å². The Morgan fingerprint density at radius 1 is 1.38 bits per heavy atom. The minimum absolute atomic E-state index is 0.0319. The third-order valence-corrected chi connectivity index (χ3v) is 4.89. The molecule has 5 nitrogen and oxygen atoms in total. The average Bonchev–Trinajstić information content (AvgIpc) is 2.97. The van der Waals surface area contributed by atoms with Crippen LogP contribution in [0.2, 0.25) is 0 Å². The molecular weight excluding hydrogens is 302 g/mol. The van der Waals surface area contributed by atoms with Crippen molar-refractivity contribution < 1.29 is 9.53 Å². The summed E-state index contributed by atoms with van der Waals surface area (Å²) in [7, 11) is 2.02. The van der Waals surface area contributed by atoms with E-state index >= 15 is 0 Å². The van der Waals surface area contributed by atoms with Gasteiger partial charge in [0.15, 0.2) is 0 Å². The molecule has 1 aromatic carbocycles. The number of hydrogen-bond acceptors (Lipinski definition) is 4. The van der Waals surface area contributed by atoms with Gasteiger partial charge in [-0.25, -0.2) is 0 Å². The van der Waals surface area contributed by atoms with Crippen molar-refractivity contribution in [2.24, 2.45) is 5.92 Å². The Labute approximate surface area is 145 Å². The van der Waals surface area contributed by atoms with Crippen molar-refractivity contribution in [3.05, 3.63) is 29.3 Å². The van der Waals surface area contributed by atoms with Crippen molar-refractivity contribution in [3.8, 4) is 0 Å². The van der Waals surface area contributed by atoms with E-state index in [1.54, 1.807) is 0 Å². The standard InChI is InChI=1S/C19H29N3O2/c1-14(2)7-8-22-11-15-5-4-6-17(16(15)12-22)20-19(23)18-13-21(3)9-10-24-18/h4-6,14,18H,7-13H2,1-3H3,(H,20,23). The van der Waals surface area contributed by atoms with E-state index in [4.69, 9.17) is 4.74 Å². The van der Waals surface area contributed by atoms with Gasteiger partial charge >= 0.3 is 0 Å². The maximum atomic E-state index is 12.5. The Balaban J connectivity index is 1.64. The number of benzene rings is 1. The fourth-order valence-electron chi connectivity index (χ4n) is 3.36. The van der Waals surface area contributed by atoms with Crippen LogP contribution in [0.15, 0.2) is 18.2 Å². The molecule has 0 aromatic heterocycles. The fraction of sp³-hybridized carbons (Fsp3) is 0.632. The Hall–Kier alpha value is -1.43. The zero-order valence-electron chi connectivity index (χ0n) is 15.0. The molecule has 2 aliphatic heterocycles. The molecule has 1 fully saturated rings. The van der Waals surface area contributed by atoms with Crippen LogP contribution in [-0.4, -0.2) is 55.1 Å².